The largest absolute Gasteiger partial charge is 0.342 e. The van der Waals surface area contributed by atoms with E-state index in [1.54, 1.807) is 4.31 Å². The monoisotopic (exact) mass is 437 g/mol. The summed E-state index contributed by atoms with van der Waals surface area (Å²) in [6, 6.07) is 0. The minimum atomic E-state index is -3.25. The van der Waals surface area contributed by atoms with Gasteiger partial charge in [0.1, 0.15) is 11.6 Å². The number of rotatable bonds is 5. The summed E-state index contributed by atoms with van der Waals surface area (Å²) in [5.74, 6) is 2.42. The first-order valence-corrected chi connectivity index (χ1v) is 13.3. The number of piperidine rings is 2. The Bertz CT molecular complexity index is 853. The second-order valence-corrected chi connectivity index (χ2v) is 11.2. The highest BCUT2D eigenvalue weighted by atomic mass is 32.2. The molecule has 0 radical (unpaired) electrons. The van der Waals surface area contributed by atoms with Gasteiger partial charge in [-0.1, -0.05) is 13.3 Å². The molecule has 2 unspecified atom stereocenters. The Balaban J connectivity index is 1.43. The predicted octanol–water partition coefficient (Wildman–Crippen LogP) is 2.16. The molecular weight excluding hydrogens is 402 g/mol. The summed E-state index contributed by atoms with van der Waals surface area (Å²) in [7, 11) is -3.25. The van der Waals surface area contributed by atoms with Crippen molar-refractivity contribution < 1.29 is 13.2 Å². The van der Waals surface area contributed by atoms with Gasteiger partial charge in [-0.25, -0.2) is 12.7 Å². The van der Waals surface area contributed by atoms with Crippen LogP contribution in [-0.2, 0) is 27.8 Å². The first-order chi connectivity index (χ1) is 14.5. The number of hydrogen-bond acceptors (Lipinski definition) is 5. The molecule has 2 atom stereocenters. The third-order valence-corrected chi connectivity index (χ3v) is 8.87. The van der Waals surface area contributed by atoms with E-state index in [9.17, 15) is 13.2 Å². The molecule has 168 valence electrons. The molecular formula is C21H35N5O3S. The van der Waals surface area contributed by atoms with Crippen LogP contribution in [0.5, 0.6) is 0 Å². The molecule has 2 fully saturated rings. The predicted molar refractivity (Wildman–Crippen MR) is 115 cm³/mol. The highest BCUT2D eigenvalue weighted by Crippen LogP contribution is 2.30. The minimum absolute atomic E-state index is 0.117. The molecule has 0 aromatic carbocycles. The Labute approximate surface area is 180 Å². The zero-order valence-corrected chi connectivity index (χ0v) is 18.9. The molecule has 0 spiro atoms. The molecule has 1 aromatic rings. The van der Waals surface area contributed by atoms with Crippen LogP contribution in [-0.4, -0.2) is 70.2 Å². The Kier molecular flexibility index (Phi) is 6.77. The maximum atomic E-state index is 13.3. The molecule has 1 aromatic heterocycles. The standard InChI is InChI=1S/C21H35N5O3S/c1-2-14-30(28,29)25-12-7-9-18(16-25)21(27)24-11-6-8-17(15-24)20-23-22-19-10-4-3-5-13-26(19)20/h17-18H,2-16H2,1H3. The van der Waals surface area contributed by atoms with Gasteiger partial charge in [-0.05, 0) is 44.9 Å². The maximum Gasteiger partial charge on any atom is 0.227 e. The summed E-state index contributed by atoms with van der Waals surface area (Å²) in [6.45, 7) is 5.17. The molecule has 9 heteroatoms. The van der Waals surface area contributed by atoms with E-state index < -0.39 is 10.0 Å². The summed E-state index contributed by atoms with van der Waals surface area (Å²) >= 11 is 0. The van der Waals surface area contributed by atoms with Crippen LogP contribution in [0.25, 0.3) is 0 Å². The molecule has 0 N–H and O–H groups in total. The zero-order valence-electron chi connectivity index (χ0n) is 18.1. The first kappa shape index (κ1) is 21.7. The van der Waals surface area contributed by atoms with E-state index in [-0.39, 0.29) is 23.5 Å². The fourth-order valence-corrected chi connectivity index (χ4v) is 6.83. The van der Waals surface area contributed by atoms with Crippen molar-refractivity contribution in [2.24, 2.45) is 5.92 Å². The smallest absolute Gasteiger partial charge is 0.227 e. The molecule has 4 heterocycles. The Morgan fingerprint density at radius 3 is 2.67 bits per heavy atom. The third kappa shape index (κ3) is 4.56. The molecule has 0 aliphatic carbocycles. The van der Waals surface area contributed by atoms with Gasteiger partial charge in [0.15, 0.2) is 0 Å². The van der Waals surface area contributed by atoms with Gasteiger partial charge in [0.2, 0.25) is 15.9 Å². The normalized spacial score (nSPS) is 26.2. The minimum Gasteiger partial charge on any atom is -0.342 e. The second kappa shape index (κ2) is 9.34. The number of fused-ring (bicyclic) bond motifs is 1. The quantitative estimate of drug-likeness (QED) is 0.704. The molecule has 1 amide bonds. The van der Waals surface area contributed by atoms with Gasteiger partial charge in [0.25, 0.3) is 0 Å². The van der Waals surface area contributed by atoms with Crippen molar-refractivity contribution in [3.8, 4) is 0 Å². The van der Waals surface area contributed by atoms with Crippen molar-refractivity contribution in [3.63, 3.8) is 0 Å². The Morgan fingerprint density at radius 1 is 1.00 bits per heavy atom. The molecule has 4 rings (SSSR count). The van der Waals surface area contributed by atoms with Crippen molar-refractivity contribution in [2.75, 3.05) is 31.9 Å². The second-order valence-electron chi connectivity index (χ2n) is 9.07. The average Bonchev–Trinajstić information content (AvgIpc) is 3.01. The summed E-state index contributed by atoms with van der Waals surface area (Å²) in [5, 5.41) is 8.96. The number of nitrogens with zero attached hydrogens (tertiary/aromatic N) is 5. The van der Waals surface area contributed by atoms with Gasteiger partial charge in [-0.2, -0.15) is 0 Å². The number of likely N-dealkylation sites (tertiary alicyclic amines) is 1. The van der Waals surface area contributed by atoms with E-state index in [1.165, 1.54) is 12.8 Å². The number of aryl methyl sites for hydroxylation is 1. The highest BCUT2D eigenvalue weighted by molar-refractivity contribution is 7.89. The fourth-order valence-electron chi connectivity index (χ4n) is 5.24. The number of sulfonamides is 1. The van der Waals surface area contributed by atoms with E-state index in [0.717, 1.165) is 63.3 Å². The van der Waals surface area contributed by atoms with Crippen LogP contribution in [0.4, 0.5) is 0 Å². The van der Waals surface area contributed by atoms with Crippen LogP contribution >= 0.6 is 0 Å². The molecule has 0 saturated carbocycles. The maximum absolute atomic E-state index is 13.3. The van der Waals surface area contributed by atoms with Crippen molar-refractivity contribution in [1.82, 2.24) is 24.0 Å². The molecule has 30 heavy (non-hydrogen) atoms. The van der Waals surface area contributed by atoms with E-state index in [1.807, 2.05) is 11.8 Å². The summed E-state index contributed by atoms with van der Waals surface area (Å²) < 4.78 is 28.8. The molecule has 2 saturated heterocycles. The van der Waals surface area contributed by atoms with Crippen molar-refractivity contribution in [2.45, 2.75) is 77.2 Å². The first-order valence-electron chi connectivity index (χ1n) is 11.7. The third-order valence-electron chi connectivity index (χ3n) is 6.83. The lowest BCUT2D eigenvalue weighted by atomic mass is 9.93. The number of carbonyl (C=O) groups excluding carboxylic acids is 1. The Morgan fingerprint density at radius 2 is 1.83 bits per heavy atom. The number of hydrogen-bond donors (Lipinski definition) is 0. The van der Waals surface area contributed by atoms with Gasteiger partial charge in [-0.3, -0.25) is 4.79 Å². The van der Waals surface area contributed by atoms with Crippen LogP contribution in [0, 0.1) is 5.92 Å². The molecule has 3 aliphatic rings. The van der Waals surface area contributed by atoms with Crippen LogP contribution in [0.15, 0.2) is 0 Å². The van der Waals surface area contributed by atoms with E-state index in [2.05, 4.69) is 14.8 Å². The molecule has 8 nitrogen and oxygen atoms in total. The topological polar surface area (TPSA) is 88.4 Å². The van der Waals surface area contributed by atoms with Gasteiger partial charge >= 0.3 is 0 Å². The van der Waals surface area contributed by atoms with Crippen LogP contribution in [0.2, 0.25) is 0 Å². The lowest BCUT2D eigenvalue weighted by molar-refractivity contribution is -0.138. The SMILES string of the molecule is CCCS(=O)(=O)N1CCCC(C(=O)N2CCCC(c3nnc4n3CCCCC4)C2)C1. The molecule has 0 bridgehead atoms. The summed E-state index contributed by atoms with van der Waals surface area (Å²) in [6.07, 6.45) is 8.70. The number of aromatic nitrogens is 3. The van der Waals surface area contributed by atoms with Crippen LogP contribution in [0.1, 0.15) is 75.9 Å². The van der Waals surface area contributed by atoms with Crippen molar-refractivity contribution >= 4 is 15.9 Å². The highest BCUT2D eigenvalue weighted by Gasteiger charge is 2.36. The van der Waals surface area contributed by atoms with Crippen molar-refractivity contribution in [3.05, 3.63) is 11.6 Å². The lowest BCUT2D eigenvalue weighted by Gasteiger charge is -2.37. The number of amides is 1. The van der Waals surface area contributed by atoms with Crippen LogP contribution in [0.3, 0.4) is 0 Å². The van der Waals surface area contributed by atoms with Gasteiger partial charge in [-0.15, -0.1) is 10.2 Å². The Hall–Kier alpha value is -1.48. The van der Waals surface area contributed by atoms with E-state index in [0.29, 0.717) is 26.1 Å². The molecule has 3 aliphatic heterocycles. The zero-order chi connectivity index (χ0) is 21.1. The van der Waals surface area contributed by atoms with Gasteiger partial charge in [0.05, 0.1) is 11.7 Å². The summed E-state index contributed by atoms with van der Waals surface area (Å²) in [5.41, 5.74) is 0. The van der Waals surface area contributed by atoms with Crippen LogP contribution < -0.4 is 0 Å². The van der Waals surface area contributed by atoms with Crippen molar-refractivity contribution in [1.29, 1.82) is 0 Å². The number of carbonyl (C=O) groups is 1. The fraction of sp³-hybridized carbons (Fsp3) is 0.857. The van der Waals surface area contributed by atoms with Gasteiger partial charge < -0.3 is 9.47 Å². The van der Waals surface area contributed by atoms with E-state index in [4.69, 9.17) is 0 Å². The lowest BCUT2D eigenvalue weighted by Crippen LogP contribution is -2.49. The van der Waals surface area contributed by atoms with E-state index >= 15 is 0 Å². The average molecular weight is 438 g/mol. The summed E-state index contributed by atoms with van der Waals surface area (Å²) in [4.78, 5) is 15.3. The van der Waals surface area contributed by atoms with Gasteiger partial charge in [0, 0.05) is 45.1 Å².